The van der Waals surface area contributed by atoms with E-state index < -0.39 is 0 Å². The average molecular weight is 238 g/mol. The van der Waals surface area contributed by atoms with Crippen molar-refractivity contribution in [2.45, 2.75) is 46.2 Å². The third-order valence-corrected chi connectivity index (χ3v) is 3.56. The lowest BCUT2D eigenvalue weighted by molar-refractivity contribution is 0.221. The molecule has 0 aliphatic rings. The van der Waals surface area contributed by atoms with E-state index in [0.717, 1.165) is 18.1 Å². The number of rotatable bonds is 6. The van der Waals surface area contributed by atoms with Crippen LogP contribution >= 0.6 is 0 Å². The molecule has 0 aliphatic carbocycles. The van der Waals surface area contributed by atoms with E-state index in [9.17, 15) is 0 Å². The number of anilines is 1. The molecule has 17 heavy (non-hydrogen) atoms. The fraction of sp³-hybridized carbons (Fsp3) is 0.769. The van der Waals surface area contributed by atoms with Crippen molar-refractivity contribution in [3.63, 3.8) is 0 Å². The van der Waals surface area contributed by atoms with Crippen LogP contribution < -0.4 is 5.32 Å². The predicted octanol–water partition coefficient (Wildman–Crippen LogP) is 2.39. The van der Waals surface area contributed by atoms with Gasteiger partial charge < -0.3 is 5.32 Å². The zero-order valence-corrected chi connectivity index (χ0v) is 12.0. The number of aromatic nitrogens is 2. The Hall–Kier alpha value is -1.03. The highest BCUT2D eigenvalue weighted by atomic mass is 15.3. The fourth-order valence-corrected chi connectivity index (χ4v) is 2.49. The van der Waals surface area contributed by atoms with Crippen molar-refractivity contribution in [1.29, 1.82) is 0 Å². The monoisotopic (exact) mass is 238 g/mol. The van der Waals surface area contributed by atoms with Crippen LogP contribution in [0.4, 0.5) is 5.82 Å². The van der Waals surface area contributed by atoms with E-state index in [4.69, 9.17) is 0 Å². The van der Waals surface area contributed by atoms with E-state index in [1.807, 2.05) is 18.8 Å². The topological polar surface area (TPSA) is 33.1 Å². The molecule has 0 atom stereocenters. The Morgan fingerprint density at radius 3 is 2.41 bits per heavy atom. The Bertz CT molecular complexity index is 353. The lowest BCUT2D eigenvalue weighted by atomic mass is 10.1. The third kappa shape index (κ3) is 3.00. The molecule has 0 bridgehead atoms. The first-order valence-electron chi connectivity index (χ1n) is 6.45. The van der Waals surface area contributed by atoms with Crippen LogP contribution in [0.1, 0.15) is 37.9 Å². The molecule has 1 N–H and O–H groups in total. The quantitative estimate of drug-likeness (QED) is 0.826. The van der Waals surface area contributed by atoms with Gasteiger partial charge in [-0.25, -0.2) is 0 Å². The van der Waals surface area contributed by atoms with Crippen molar-refractivity contribution in [1.82, 2.24) is 14.7 Å². The number of nitrogens with zero attached hydrogens (tertiary/aromatic N) is 3. The van der Waals surface area contributed by atoms with E-state index in [1.54, 1.807) is 0 Å². The summed E-state index contributed by atoms with van der Waals surface area (Å²) in [4.78, 5) is 2.42. The van der Waals surface area contributed by atoms with E-state index in [-0.39, 0.29) is 0 Å². The van der Waals surface area contributed by atoms with Crippen molar-refractivity contribution in [3.05, 3.63) is 11.3 Å². The van der Waals surface area contributed by atoms with Gasteiger partial charge in [0.1, 0.15) is 5.82 Å². The van der Waals surface area contributed by atoms with E-state index >= 15 is 0 Å². The van der Waals surface area contributed by atoms with Crippen molar-refractivity contribution in [3.8, 4) is 0 Å². The lowest BCUT2D eigenvalue weighted by Crippen LogP contribution is -2.30. The van der Waals surface area contributed by atoms with Crippen LogP contribution in [0.15, 0.2) is 0 Å². The molecule has 1 aromatic rings. The van der Waals surface area contributed by atoms with Crippen LogP contribution in [0.5, 0.6) is 0 Å². The predicted molar refractivity (Wildman–Crippen MR) is 73.3 cm³/mol. The van der Waals surface area contributed by atoms with Gasteiger partial charge in [-0.15, -0.1) is 0 Å². The molecule has 1 aromatic heterocycles. The molecule has 0 aliphatic heterocycles. The second-order valence-electron chi connectivity index (χ2n) is 4.67. The molecule has 1 rings (SSSR count). The second-order valence-corrected chi connectivity index (χ2v) is 4.67. The molecule has 0 saturated heterocycles. The first kappa shape index (κ1) is 14.0. The second kappa shape index (κ2) is 6.05. The SMILES string of the molecule is CCC(CC)N(C)Cc1c(C)nn(C)c1NC. The summed E-state index contributed by atoms with van der Waals surface area (Å²) in [6.07, 6.45) is 2.39. The van der Waals surface area contributed by atoms with Gasteiger partial charge in [0.25, 0.3) is 0 Å². The van der Waals surface area contributed by atoms with Gasteiger partial charge in [-0.1, -0.05) is 13.8 Å². The van der Waals surface area contributed by atoms with Crippen LogP contribution in [-0.4, -0.2) is 34.8 Å². The smallest absolute Gasteiger partial charge is 0.128 e. The van der Waals surface area contributed by atoms with Gasteiger partial charge in [0.15, 0.2) is 0 Å². The summed E-state index contributed by atoms with van der Waals surface area (Å²) in [6, 6.07) is 0.652. The van der Waals surface area contributed by atoms with Gasteiger partial charge >= 0.3 is 0 Å². The summed E-state index contributed by atoms with van der Waals surface area (Å²) in [5.74, 6) is 1.13. The maximum atomic E-state index is 4.47. The van der Waals surface area contributed by atoms with Crippen LogP contribution in [0.25, 0.3) is 0 Å². The Morgan fingerprint density at radius 1 is 1.35 bits per heavy atom. The van der Waals surface area contributed by atoms with Crippen molar-refractivity contribution >= 4 is 5.82 Å². The molecule has 0 spiro atoms. The van der Waals surface area contributed by atoms with Crippen molar-refractivity contribution in [2.75, 3.05) is 19.4 Å². The zero-order chi connectivity index (χ0) is 13.0. The molecule has 0 fully saturated rings. The first-order valence-corrected chi connectivity index (χ1v) is 6.45. The van der Waals surface area contributed by atoms with E-state index in [0.29, 0.717) is 6.04 Å². The third-order valence-electron chi connectivity index (χ3n) is 3.56. The summed E-state index contributed by atoms with van der Waals surface area (Å²) < 4.78 is 1.92. The Kier molecular flexibility index (Phi) is 5.00. The van der Waals surface area contributed by atoms with Crippen LogP contribution in [-0.2, 0) is 13.6 Å². The molecule has 1 heterocycles. The maximum Gasteiger partial charge on any atom is 0.128 e. The van der Waals surface area contributed by atoms with Crippen molar-refractivity contribution < 1.29 is 0 Å². The summed E-state index contributed by atoms with van der Waals surface area (Å²) >= 11 is 0. The lowest BCUT2D eigenvalue weighted by Gasteiger charge is -2.26. The summed E-state index contributed by atoms with van der Waals surface area (Å²) in [5, 5.41) is 7.71. The van der Waals surface area contributed by atoms with E-state index in [1.165, 1.54) is 18.4 Å². The van der Waals surface area contributed by atoms with Gasteiger partial charge in [-0.2, -0.15) is 5.10 Å². The highest BCUT2D eigenvalue weighted by Gasteiger charge is 2.17. The summed E-state index contributed by atoms with van der Waals surface area (Å²) in [5.41, 5.74) is 2.43. The Balaban J connectivity index is 2.87. The molecular formula is C13H26N4. The molecule has 4 nitrogen and oxygen atoms in total. The Labute approximate surface area is 105 Å². The number of hydrogen-bond acceptors (Lipinski definition) is 3. The van der Waals surface area contributed by atoms with Gasteiger partial charge in [0.2, 0.25) is 0 Å². The van der Waals surface area contributed by atoms with Gasteiger partial charge in [0, 0.05) is 32.2 Å². The standard InChI is InChI=1S/C13H26N4/c1-7-11(8-2)16(5)9-12-10(3)15-17(6)13(12)14-4/h11,14H,7-9H2,1-6H3. The van der Waals surface area contributed by atoms with Gasteiger partial charge in [-0.3, -0.25) is 9.58 Å². The molecule has 0 saturated carbocycles. The molecule has 0 amide bonds. The molecule has 98 valence electrons. The largest absolute Gasteiger partial charge is 0.373 e. The first-order chi connectivity index (χ1) is 8.04. The molecule has 0 unspecified atom stereocenters. The highest BCUT2D eigenvalue weighted by molar-refractivity contribution is 5.46. The number of nitrogens with one attached hydrogen (secondary N) is 1. The minimum Gasteiger partial charge on any atom is -0.373 e. The minimum absolute atomic E-state index is 0.652. The highest BCUT2D eigenvalue weighted by Crippen LogP contribution is 2.21. The number of aryl methyl sites for hydroxylation is 2. The van der Waals surface area contributed by atoms with Gasteiger partial charge in [-0.05, 0) is 26.8 Å². The fourth-order valence-electron chi connectivity index (χ4n) is 2.49. The van der Waals surface area contributed by atoms with Crippen LogP contribution in [0.2, 0.25) is 0 Å². The molecule has 4 heteroatoms. The van der Waals surface area contributed by atoms with E-state index in [2.05, 4.69) is 43.1 Å². The zero-order valence-electron chi connectivity index (χ0n) is 12.0. The van der Waals surface area contributed by atoms with Crippen LogP contribution in [0.3, 0.4) is 0 Å². The van der Waals surface area contributed by atoms with Gasteiger partial charge in [0.05, 0.1) is 5.69 Å². The molecule has 0 aromatic carbocycles. The van der Waals surface area contributed by atoms with Crippen molar-refractivity contribution in [2.24, 2.45) is 7.05 Å². The molecule has 0 radical (unpaired) electrons. The number of hydrogen-bond donors (Lipinski definition) is 1. The Morgan fingerprint density at radius 2 is 1.94 bits per heavy atom. The summed E-state index contributed by atoms with van der Waals surface area (Å²) in [6.45, 7) is 7.54. The minimum atomic E-state index is 0.652. The maximum absolute atomic E-state index is 4.47. The average Bonchev–Trinajstić information content (AvgIpc) is 2.55. The van der Waals surface area contributed by atoms with Crippen LogP contribution in [0, 0.1) is 6.92 Å². The normalized spacial score (nSPS) is 11.5. The molecular weight excluding hydrogens is 212 g/mol. The summed E-state index contributed by atoms with van der Waals surface area (Å²) in [7, 11) is 6.14.